The molecule has 1 N–H and O–H groups in total. The number of aliphatic hydroxyl groups is 1. The minimum Gasteiger partial charge on any atom is -0.391 e. The third-order valence-electron chi connectivity index (χ3n) is 3.63. The van der Waals surface area contributed by atoms with Crippen LogP contribution in [0.2, 0.25) is 0 Å². The molecule has 1 fully saturated rings. The van der Waals surface area contributed by atoms with Gasteiger partial charge in [-0.1, -0.05) is 0 Å². The average Bonchev–Trinajstić information content (AvgIpc) is 2.72. The van der Waals surface area contributed by atoms with Crippen molar-refractivity contribution < 1.29 is 14.3 Å². The Labute approximate surface area is 118 Å². The van der Waals surface area contributed by atoms with E-state index in [9.17, 15) is 14.3 Å². The maximum Gasteiger partial charge on any atom is 0.254 e. The molecule has 0 bridgehead atoms. The molecule has 2 atom stereocenters. The fraction of sp³-hybridized carbons (Fsp3) is 0.533. The van der Waals surface area contributed by atoms with Crippen LogP contribution in [0, 0.1) is 12.7 Å². The minimum absolute atomic E-state index is 0.00198. The molecule has 1 heterocycles. The number of likely N-dealkylation sites (N-methyl/N-ethyl adjacent to an activating group) is 1. The smallest absolute Gasteiger partial charge is 0.254 e. The molecular formula is C15H21FN2O2. The molecule has 1 amide bonds. The van der Waals surface area contributed by atoms with Gasteiger partial charge in [0.25, 0.3) is 5.91 Å². The van der Waals surface area contributed by atoms with Crippen LogP contribution in [0.3, 0.4) is 0 Å². The molecule has 1 aromatic carbocycles. The third kappa shape index (κ3) is 3.16. The number of aliphatic hydroxyl groups excluding tert-OH is 1. The van der Waals surface area contributed by atoms with Crippen molar-refractivity contribution in [2.24, 2.45) is 0 Å². The van der Waals surface area contributed by atoms with Gasteiger partial charge in [0.05, 0.1) is 6.10 Å². The summed E-state index contributed by atoms with van der Waals surface area (Å²) in [6.45, 7) is 2.69. The van der Waals surface area contributed by atoms with Crippen LogP contribution in [0.4, 0.5) is 4.39 Å². The van der Waals surface area contributed by atoms with Crippen molar-refractivity contribution in [3.05, 3.63) is 35.1 Å². The predicted octanol–water partition coefficient (Wildman–Crippen LogP) is 1.27. The Morgan fingerprint density at radius 2 is 2.20 bits per heavy atom. The highest BCUT2D eigenvalue weighted by Crippen LogP contribution is 2.22. The summed E-state index contributed by atoms with van der Waals surface area (Å²) in [6.07, 6.45) is 0.106. The highest BCUT2D eigenvalue weighted by Gasteiger charge is 2.34. The molecule has 20 heavy (non-hydrogen) atoms. The first-order valence-electron chi connectivity index (χ1n) is 6.78. The molecule has 2 rings (SSSR count). The number of likely N-dealkylation sites (tertiary alicyclic amines) is 1. The summed E-state index contributed by atoms with van der Waals surface area (Å²) in [5.74, 6) is -0.454. The van der Waals surface area contributed by atoms with Crippen LogP contribution >= 0.6 is 0 Å². The quantitative estimate of drug-likeness (QED) is 0.907. The summed E-state index contributed by atoms with van der Waals surface area (Å²) in [4.78, 5) is 16.2. The van der Waals surface area contributed by atoms with Crippen molar-refractivity contribution in [2.75, 3.05) is 27.2 Å². The molecule has 2 unspecified atom stereocenters. The Kier molecular flexibility index (Phi) is 4.40. The number of hydrogen-bond donors (Lipinski definition) is 1. The second-order valence-electron chi connectivity index (χ2n) is 5.73. The second-order valence-corrected chi connectivity index (χ2v) is 5.73. The summed E-state index contributed by atoms with van der Waals surface area (Å²) < 4.78 is 13.3. The zero-order valence-electron chi connectivity index (χ0n) is 12.1. The van der Waals surface area contributed by atoms with Crippen molar-refractivity contribution in [3.63, 3.8) is 0 Å². The number of halogens is 1. The molecule has 0 spiro atoms. The van der Waals surface area contributed by atoms with Gasteiger partial charge in [-0.3, -0.25) is 4.79 Å². The summed E-state index contributed by atoms with van der Waals surface area (Å²) in [5.41, 5.74) is 0.932. The maximum absolute atomic E-state index is 13.3. The fourth-order valence-corrected chi connectivity index (χ4v) is 2.68. The van der Waals surface area contributed by atoms with Crippen LogP contribution in [0.1, 0.15) is 22.3 Å². The van der Waals surface area contributed by atoms with E-state index in [0.717, 1.165) is 0 Å². The first-order chi connectivity index (χ1) is 9.38. The molecule has 0 saturated carbocycles. The molecule has 1 aliphatic rings. The molecular weight excluding hydrogens is 259 g/mol. The van der Waals surface area contributed by atoms with Gasteiger partial charge in [-0.2, -0.15) is 0 Å². The first kappa shape index (κ1) is 14.9. The number of benzene rings is 1. The SMILES string of the molecule is Cc1cc(C(=O)N2CC(O)CC2CN(C)C)ccc1F. The maximum atomic E-state index is 13.3. The molecule has 0 radical (unpaired) electrons. The van der Waals surface area contributed by atoms with E-state index in [1.54, 1.807) is 17.9 Å². The summed E-state index contributed by atoms with van der Waals surface area (Å²) >= 11 is 0. The van der Waals surface area contributed by atoms with Gasteiger partial charge in [0.2, 0.25) is 0 Å². The van der Waals surface area contributed by atoms with Crippen molar-refractivity contribution in [2.45, 2.75) is 25.5 Å². The number of rotatable bonds is 3. The normalized spacial score (nSPS) is 22.6. The standard InChI is InChI=1S/C15H21FN2O2/c1-10-6-11(4-5-14(10)16)15(20)18-9-13(19)7-12(18)8-17(2)3/h4-6,12-13,19H,7-9H2,1-3H3. The van der Waals surface area contributed by atoms with E-state index in [0.29, 0.717) is 30.6 Å². The van der Waals surface area contributed by atoms with Gasteiger partial charge < -0.3 is 14.9 Å². The molecule has 1 aliphatic heterocycles. The third-order valence-corrected chi connectivity index (χ3v) is 3.63. The van der Waals surface area contributed by atoms with Gasteiger partial charge in [-0.15, -0.1) is 0 Å². The number of aryl methyl sites for hydroxylation is 1. The number of β-amino-alcohol motifs (C(OH)–C–C–N with tert-alkyl or cyclic N) is 1. The Hall–Kier alpha value is -1.46. The Bertz CT molecular complexity index is 505. The monoisotopic (exact) mass is 280 g/mol. The van der Waals surface area contributed by atoms with Crippen LogP contribution in [-0.4, -0.2) is 60.1 Å². The predicted molar refractivity (Wildman–Crippen MR) is 75.1 cm³/mol. The molecule has 0 aromatic heterocycles. The zero-order valence-corrected chi connectivity index (χ0v) is 12.1. The van der Waals surface area contributed by atoms with Crippen LogP contribution in [0.25, 0.3) is 0 Å². The summed E-state index contributed by atoms with van der Waals surface area (Å²) in [5, 5.41) is 9.80. The second kappa shape index (κ2) is 5.89. The number of carbonyl (C=O) groups is 1. The lowest BCUT2D eigenvalue weighted by molar-refractivity contribution is 0.0699. The van der Waals surface area contributed by atoms with Crippen LogP contribution < -0.4 is 0 Å². The van der Waals surface area contributed by atoms with Gasteiger partial charge in [-0.25, -0.2) is 4.39 Å². The Morgan fingerprint density at radius 1 is 1.50 bits per heavy atom. The lowest BCUT2D eigenvalue weighted by Gasteiger charge is -2.27. The van der Waals surface area contributed by atoms with Crippen LogP contribution in [0.15, 0.2) is 18.2 Å². The molecule has 0 aliphatic carbocycles. The molecule has 110 valence electrons. The Balaban J connectivity index is 2.19. The van der Waals surface area contributed by atoms with Crippen molar-refractivity contribution >= 4 is 5.91 Å². The molecule has 4 nitrogen and oxygen atoms in total. The van der Waals surface area contributed by atoms with Crippen LogP contribution in [-0.2, 0) is 0 Å². The topological polar surface area (TPSA) is 43.8 Å². The summed E-state index contributed by atoms with van der Waals surface area (Å²) in [6, 6.07) is 4.38. The van der Waals surface area contributed by atoms with Gasteiger partial charge in [0, 0.05) is 24.7 Å². The highest BCUT2D eigenvalue weighted by atomic mass is 19.1. The number of amides is 1. The van der Waals surface area contributed by atoms with Gasteiger partial charge in [-0.05, 0) is 51.2 Å². The van der Waals surface area contributed by atoms with E-state index in [2.05, 4.69) is 0 Å². The van der Waals surface area contributed by atoms with E-state index in [1.165, 1.54) is 12.1 Å². The van der Waals surface area contributed by atoms with E-state index in [-0.39, 0.29) is 17.8 Å². The lowest BCUT2D eigenvalue weighted by Crippen LogP contribution is -2.41. The van der Waals surface area contributed by atoms with Gasteiger partial charge >= 0.3 is 0 Å². The van der Waals surface area contributed by atoms with E-state index in [1.807, 2.05) is 19.0 Å². The average molecular weight is 280 g/mol. The lowest BCUT2D eigenvalue weighted by atomic mass is 10.1. The first-order valence-corrected chi connectivity index (χ1v) is 6.78. The van der Waals surface area contributed by atoms with E-state index < -0.39 is 6.10 Å². The van der Waals surface area contributed by atoms with E-state index in [4.69, 9.17) is 0 Å². The number of nitrogens with zero attached hydrogens (tertiary/aromatic N) is 2. The molecule has 5 heteroatoms. The summed E-state index contributed by atoms with van der Waals surface area (Å²) in [7, 11) is 3.88. The highest BCUT2D eigenvalue weighted by molar-refractivity contribution is 5.94. The van der Waals surface area contributed by atoms with Gasteiger partial charge in [0.1, 0.15) is 5.82 Å². The van der Waals surface area contributed by atoms with Crippen molar-refractivity contribution in [1.82, 2.24) is 9.80 Å². The Morgan fingerprint density at radius 3 is 2.80 bits per heavy atom. The van der Waals surface area contributed by atoms with E-state index >= 15 is 0 Å². The fourth-order valence-electron chi connectivity index (χ4n) is 2.68. The molecule has 1 aromatic rings. The van der Waals surface area contributed by atoms with Crippen molar-refractivity contribution in [1.29, 1.82) is 0 Å². The van der Waals surface area contributed by atoms with Crippen LogP contribution in [0.5, 0.6) is 0 Å². The molecule has 1 saturated heterocycles. The number of carbonyl (C=O) groups excluding carboxylic acids is 1. The van der Waals surface area contributed by atoms with Crippen molar-refractivity contribution in [3.8, 4) is 0 Å². The van der Waals surface area contributed by atoms with Gasteiger partial charge in [0.15, 0.2) is 0 Å². The number of hydrogen-bond acceptors (Lipinski definition) is 3. The minimum atomic E-state index is -0.481. The zero-order chi connectivity index (χ0) is 14.9. The largest absolute Gasteiger partial charge is 0.391 e.